The minimum atomic E-state index is -0.191. The van der Waals surface area contributed by atoms with E-state index in [9.17, 15) is 0 Å². The van der Waals surface area contributed by atoms with Crippen molar-refractivity contribution in [1.82, 2.24) is 9.55 Å². The van der Waals surface area contributed by atoms with Crippen LogP contribution in [-0.2, 0) is 31.9 Å². The van der Waals surface area contributed by atoms with Crippen LogP contribution in [0.2, 0.25) is 0 Å². The normalized spacial score (nSPS) is 14.9. The van der Waals surface area contributed by atoms with Gasteiger partial charge in [0.2, 0.25) is 0 Å². The molecule has 59 heavy (non-hydrogen) atoms. The Labute approximate surface area is 364 Å². The average molecular weight is 966 g/mol. The number of hydrogen-bond acceptors (Lipinski definition) is 6. The third-order valence-corrected chi connectivity index (χ3v) is 12.8. The summed E-state index contributed by atoms with van der Waals surface area (Å²) in [5.74, 6) is 2.08. The summed E-state index contributed by atoms with van der Waals surface area (Å²) in [6.07, 6.45) is 6.09. The maximum absolute atomic E-state index is 6.52. The summed E-state index contributed by atoms with van der Waals surface area (Å²) in [4.78, 5) is 14.1. The molecular formula is C51H40N5OPtS-3. The fourth-order valence-electron chi connectivity index (χ4n) is 8.68. The molecule has 5 heterocycles. The zero-order valence-electron chi connectivity index (χ0n) is 33.3. The minimum Gasteiger partial charge on any atom is -0.509 e. The van der Waals surface area contributed by atoms with Crippen LogP contribution in [0.15, 0.2) is 156 Å². The van der Waals surface area contributed by atoms with Crippen molar-refractivity contribution >= 4 is 62.0 Å². The van der Waals surface area contributed by atoms with Crippen LogP contribution >= 0.6 is 11.8 Å². The molecule has 8 heteroatoms. The Balaban J connectivity index is 0.00000420. The van der Waals surface area contributed by atoms with E-state index in [4.69, 9.17) is 9.72 Å². The van der Waals surface area contributed by atoms with Crippen molar-refractivity contribution in [2.75, 3.05) is 14.7 Å². The van der Waals surface area contributed by atoms with Crippen LogP contribution in [0.3, 0.4) is 0 Å². The van der Waals surface area contributed by atoms with E-state index < -0.39 is 0 Å². The minimum absolute atomic E-state index is 0. The molecule has 0 saturated heterocycles. The Hall–Kier alpha value is -5.75. The summed E-state index contributed by atoms with van der Waals surface area (Å²) >= 11 is 1.85. The second kappa shape index (κ2) is 13.9. The van der Waals surface area contributed by atoms with Gasteiger partial charge >= 0.3 is 0 Å². The Morgan fingerprint density at radius 3 is 2.32 bits per heavy atom. The summed E-state index contributed by atoms with van der Waals surface area (Å²) in [5, 5.41) is 2.25. The van der Waals surface area contributed by atoms with Gasteiger partial charge in [0.15, 0.2) is 0 Å². The average Bonchev–Trinajstić information content (AvgIpc) is 3.86. The molecular weight excluding hydrogens is 926 g/mol. The third-order valence-electron chi connectivity index (χ3n) is 11.7. The number of rotatable bonds is 5. The molecule has 3 aliphatic rings. The number of pyridine rings is 1. The second-order valence-electron chi connectivity index (χ2n) is 16.7. The first-order valence-electron chi connectivity index (χ1n) is 19.7. The number of aromatic nitrogens is 2. The maximum atomic E-state index is 6.52. The van der Waals surface area contributed by atoms with Crippen LogP contribution in [0, 0.1) is 18.8 Å². The number of benzene rings is 6. The molecule has 3 aliphatic heterocycles. The molecule has 0 N–H and O–H groups in total. The van der Waals surface area contributed by atoms with Gasteiger partial charge in [0.25, 0.3) is 0 Å². The van der Waals surface area contributed by atoms with Gasteiger partial charge in [-0.25, -0.2) is 4.98 Å². The summed E-state index contributed by atoms with van der Waals surface area (Å²) < 4.78 is 8.71. The number of para-hydroxylation sites is 3. The third kappa shape index (κ3) is 6.08. The van der Waals surface area contributed by atoms with Gasteiger partial charge in [-0.1, -0.05) is 100 Å². The topological polar surface area (TPSA) is 36.8 Å². The van der Waals surface area contributed by atoms with Gasteiger partial charge < -0.3 is 24.0 Å². The van der Waals surface area contributed by atoms with E-state index in [-0.39, 0.29) is 31.9 Å². The number of ether oxygens (including phenoxy) is 1. The number of anilines is 5. The van der Waals surface area contributed by atoms with Crippen LogP contribution in [0.4, 0.5) is 28.4 Å². The van der Waals surface area contributed by atoms with E-state index in [1.165, 1.54) is 43.5 Å². The molecule has 294 valence electrons. The van der Waals surface area contributed by atoms with E-state index >= 15 is 0 Å². The van der Waals surface area contributed by atoms with Crippen molar-refractivity contribution in [1.29, 1.82) is 0 Å². The molecule has 0 atom stereocenters. The SMILES string of the molecule is CC(C)(C)c1ccnc(-n2c3[c-]c(Oc4[c-]c(N5C=CN(c6cc7c8c(c6)C(C)(C)c6ccccc6N8c6ccccc6S7)[CH-]5)ccc4)ccc3c3ccccc32)c1.[Pt]. The standard InChI is InChI=1S/C51H40N5OS.Pt/c1-50(2,3)33-23-24-52-48(27-33)55-42-17-8-6-15-38(42)39-22-21-37(31-45(39)55)57-36-14-12-13-34(28-36)53-25-26-54(32-53)35-29-41-49-47(30-35)58-46-20-11-10-19-44(46)56(49)43-18-9-7-16-40(43)51(41,4)5;/h6-27,29-30,32H,1-5H3;/q-3;. The predicted molar refractivity (Wildman–Crippen MR) is 237 cm³/mol. The maximum Gasteiger partial charge on any atom is 0.135 e. The van der Waals surface area contributed by atoms with E-state index in [0.717, 1.165) is 39.0 Å². The Morgan fingerprint density at radius 1 is 0.695 bits per heavy atom. The van der Waals surface area contributed by atoms with E-state index in [1.54, 1.807) is 0 Å². The van der Waals surface area contributed by atoms with Gasteiger partial charge in [-0.2, -0.15) is 12.1 Å². The van der Waals surface area contributed by atoms with Gasteiger partial charge in [0.1, 0.15) is 5.82 Å². The van der Waals surface area contributed by atoms with Crippen molar-refractivity contribution in [3.05, 3.63) is 181 Å². The van der Waals surface area contributed by atoms with Crippen LogP contribution in [0.1, 0.15) is 51.3 Å². The molecule has 0 saturated carbocycles. The van der Waals surface area contributed by atoms with Gasteiger partial charge in [0.05, 0.1) is 17.1 Å². The smallest absolute Gasteiger partial charge is 0.135 e. The first kappa shape index (κ1) is 37.5. The molecule has 0 aliphatic carbocycles. The summed E-state index contributed by atoms with van der Waals surface area (Å²) in [6.45, 7) is 13.5. The predicted octanol–water partition coefficient (Wildman–Crippen LogP) is 13.4. The molecule has 0 amide bonds. The first-order chi connectivity index (χ1) is 28.1. The molecule has 11 rings (SSSR count). The molecule has 2 aromatic heterocycles. The largest absolute Gasteiger partial charge is 0.509 e. The van der Waals surface area contributed by atoms with Crippen LogP contribution < -0.4 is 19.4 Å². The fourth-order valence-corrected chi connectivity index (χ4v) is 9.81. The Bertz CT molecular complexity index is 3000. The molecule has 0 fully saturated rings. The van der Waals surface area contributed by atoms with Crippen molar-refractivity contribution in [3.63, 3.8) is 0 Å². The van der Waals surface area contributed by atoms with Crippen molar-refractivity contribution in [2.45, 2.75) is 55.2 Å². The molecule has 0 radical (unpaired) electrons. The molecule has 0 bridgehead atoms. The van der Waals surface area contributed by atoms with Gasteiger partial charge in [-0.05, 0) is 88.4 Å². The molecule has 6 aromatic carbocycles. The van der Waals surface area contributed by atoms with Gasteiger partial charge in [0, 0.05) is 65.2 Å². The van der Waals surface area contributed by atoms with E-state index in [0.29, 0.717) is 11.5 Å². The summed E-state index contributed by atoms with van der Waals surface area (Å²) in [5.41, 5.74) is 11.4. The van der Waals surface area contributed by atoms with E-state index in [2.05, 4.69) is 194 Å². The van der Waals surface area contributed by atoms with Gasteiger partial charge in [-0.15, -0.1) is 48.1 Å². The summed E-state index contributed by atoms with van der Waals surface area (Å²) in [6, 6.07) is 52.2. The number of nitrogens with zero attached hydrogens (tertiary/aromatic N) is 5. The van der Waals surface area contributed by atoms with Crippen molar-refractivity contribution in [3.8, 4) is 17.3 Å². The fraction of sp³-hybridized carbons (Fsp3) is 0.137. The second-order valence-corrected chi connectivity index (χ2v) is 17.8. The molecule has 0 unspecified atom stereocenters. The van der Waals surface area contributed by atoms with Crippen LogP contribution in [0.25, 0.3) is 27.6 Å². The van der Waals surface area contributed by atoms with Crippen molar-refractivity contribution in [2.24, 2.45) is 0 Å². The van der Waals surface area contributed by atoms with Crippen LogP contribution in [0.5, 0.6) is 11.5 Å². The first-order valence-corrected chi connectivity index (χ1v) is 20.5. The Morgan fingerprint density at radius 2 is 1.46 bits per heavy atom. The quantitative estimate of drug-likeness (QED) is 0.160. The van der Waals surface area contributed by atoms with Crippen molar-refractivity contribution < 1.29 is 25.8 Å². The number of fused-ring (bicyclic) bond motifs is 7. The monoisotopic (exact) mass is 965 g/mol. The van der Waals surface area contributed by atoms with Crippen LogP contribution in [-0.4, -0.2) is 9.55 Å². The zero-order chi connectivity index (χ0) is 39.3. The van der Waals surface area contributed by atoms with E-state index in [1.807, 2.05) is 36.2 Å². The molecule has 0 spiro atoms. The Kier molecular flexibility index (Phi) is 8.86. The molecule has 8 aromatic rings. The molecule has 6 nitrogen and oxygen atoms in total. The number of hydrogen-bond donors (Lipinski definition) is 0. The summed E-state index contributed by atoms with van der Waals surface area (Å²) in [7, 11) is 0. The van der Waals surface area contributed by atoms with Gasteiger partial charge in [-0.3, -0.25) is 0 Å². The zero-order valence-corrected chi connectivity index (χ0v) is 36.4.